The van der Waals surface area contributed by atoms with Gasteiger partial charge >= 0.3 is 6.03 Å². The van der Waals surface area contributed by atoms with Crippen LogP contribution in [-0.4, -0.2) is 41.0 Å². The van der Waals surface area contributed by atoms with Gasteiger partial charge in [0.1, 0.15) is 5.82 Å². The maximum Gasteiger partial charge on any atom is 0.320 e. The van der Waals surface area contributed by atoms with Crippen LogP contribution in [0.1, 0.15) is 24.4 Å². The molecule has 8 heteroatoms. The Labute approximate surface area is 156 Å². The molecule has 2 amide bonds. The molecular formula is C19H22N6O2. The highest BCUT2D eigenvalue weighted by Gasteiger charge is 2.28. The normalized spacial score (nSPS) is 17.6. The molecule has 0 spiro atoms. The molecule has 0 aliphatic carbocycles. The minimum atomic E-state index is -0.320. The van der Waals surface area contributed by atoms with E-state index in [0.717, 1.165) is 41.7 Å². The Morgan fingerprint density at radius 2 is 2.19 bits per heavy atom. The molecular weight excluding hydrogens is 344 g/mol. The lowest BCUT2D eigenvalue weighted by atomic mass is 9.99. The van der Waals surface area contributed by atoms with Crippen LogP contribution >= 0.6 is 0 Å². The molecule has 1 aromatic carbocycles. The van der Waals surface area contributed by atoms with E-state index in [4.69, 9.17) is 4.74 Å². The minimum Gasteiger partial charge on any atom is -0.376 e. The fourth-order valence-electron chi connectivity index (χ4n) is 3.38. The van der Waals surface area contributed by atoms with E-state index in [-0.39, 0.29) is 18.2 Å². The summed E-state index contributed by atoms with van der Waals surface area (Å²) in [6.07, 6.45) is 3.57. The summed E-state index contributed by atoms with van der Waals surface area (Å²) in [4.78, 5) is 16.9. The molecule has 1 aliphatic rings. The zero-order valence-electron chi connectivity index (χ0n) is 15.0. The highest BCUT2D eigenvalue weighted by molar-refractivity contribution is 5.94. The first-order valence-corrected chi connectivity index (χ1v) is 9.00. The van der Waals surface area contributed by atoms with Gasteiger partial charge < -0.3 is 15.4 Å². The number of carbonyl (C=O) groups is 1. The average Bonchev–Trinajstić information content (AvgIpc) is 3.36. The summed E-state index contributed by atoms with van der Waals surface area (Å²) in [5, 5.41) is 16.8. The summed E-state index contributed by atoms with van der Waals surface area (Å²) in [6.45, 7) is 0.725. The van der Waals surface area contributed by atoms with Crippen molar-refractivity contribution in [2.45, 2.75) is 25.0 Å². The van der Waals surface area contributed by atoms with Gasteiger partial charge in [0, 0.05) is 25.9 Å². The monoisotopic (exact) mass is 366 g/mol. The Morgan fingerprint density at radius 1 is 1.33 bits per heavy atom. The van der Waals surface area contributed by atoms with Crippen LogP contribution in [0.5, 0.6) is 0 Å². The van der Waals surface area contributed by atoms with E-state index in [2.05, 4.69) is 31.1 Å². The summed E-state index contributed by atoms with van der Waals surface area (Å²) in [5.74, 6) is 1.17. The first-order valence-electron chi connectivity index (χ1n) is 9.00. The molecule has 27 heavy (non-hydrogen) atoms. The van der Waals surface area contributed by atoms with Crippen molar-refractivity contribution in [1.82, 2.24) is 20.5 Å². The van der Waals surface area contributed by atoms with E-state index in [1.165, 1.54) is 0 Å². The molecule has 1 saturated heterocycles. The number of amides is 2. The first-order chi connectivity index (χ1) is 13.2. The number of pyridine rings is 1. The highest BCUT2D eigenvalue weighted by Crippen LogP contribution is 2.27. The number of hydrogen-bond donors (Lipinski definition) is 4. The third-order valence-corrected chi connectivity index (χ3v) is 4.71. The van der Waals surface area contributed by atoms with Gasteiger partial charge in [0.15, 0.2) is 5.82 Å². The fourth-order valence-corrected chi connectivity index (χ4v) is 3.38. The van der Waals surface area contributed by atoms with Crippen LogP contribution in [0.3, 0.4) is 0 Å². The van der Waals surface area contributed by atoms with Crippen molar-refractivity contribution in [2.24, 2.45) is 0 Å². The number of aromatic nitrogens is 3. The van der Waals surface area contributed by atoms with Crippen molar-refractivity contribution in [1.29, 1.82) is 0 Å². The summed E-state index contributed by atoms with van der Waals surface area (Å²) < 4.78 is 5.82. The molecule has 1 fully saturated rings. The molecule has 0 saturated carbocycles. The third-order valence-electron chi connectivity index (χ3n) is 4.71. The van der Waals surface area contributed by atoms with Crippen LogP contribution < -0.4 is 16.0 Å². The lowest BCUT2D eigenvalue weighted by molar-refractivity contribution is 0.0815. The largest absolute Gasteiger partial charge is 0.376 e. The average molecular weight is 366 g/mol. The van der Waals surface area contributed by atoms with Gasteiger partial charge in [0.05, 0.1) is 23.0 Å². The Morgan fingerprint density at radius 3 is 2.93 bits per heavy atom. The number of nitrogens with one attached hydrogen (secondary N) is 4. The molecule has 140 valence electrons. The molecule has 2 atom stereocenters. The van der Waals surface area contributed by atoms with Crippen molar-refractivity contribution >= 4 is 28.6 Å². The Bertz CT molecular complexity index is 920. The maximum atomic E-state index is 12.6. The summed E-state index contributed by atoms with van der Waals surface area (Å²) in [7, 11) is 1.80. The summed E-state index contributed by atoms with van der Waals surface area (Å²) in [6, 6.07) is 11.1. The molecule has 3 heterocycles. The smallest absolute Gasteiger partial charge is 0.320 e. The van der Waals surface area contributed by atoms with E-state index in [1.807, 2.05) is 30.3 Å². The number of aromatic amines is 1. The van der Waals surface area contributed by atoms with E-state index in [1.54, 1.807) is 19.3 Å². The first kappa shape index (κ1) is 17.3. The van der Waals surface area contributed by atoms with Gasteiger partial charge in [-0.15, -0.1) is 0 Å². The van der Waals surface area contributed by atoms with Gasteiger partial charge in [0.2, 0.25) is 0 Å². The fraction of sp³-hybridized carbons (Fsp3) is 0.316. The number of anilines is 2. The van der Waals surface area contributed by atoms with E-state index in [0.29, 0.717) is 5.82 Å². The SMILES string of the molecule is CNc1n[nH]c2cc(NC(=O)NC(c3ccccc3)[C@@H]3CCCO3)ncc12. The van der Waals surface area contributed by atoms with Crippen LogP contribution in [-0.2, 0) is 4.74 Å². The molecule has 1 unspecified atom stereocenters. The van der Waals surface area contributed by atoms with Crippen LogP contribution in [0.2, 0.25) is 0 Å². The number of fused-ring (bicyclic) bond motifs is 1. The van der Waals surface area contributed by atoms with Gasteiger partial charge in [-0.3, -0.25) is 10.4 Å². The number of rotatable bonds is 5. The second-order valence-electron chi connectivity index (χ2n) is 6.48. The van der Waals surface area contributed by atoms with Crippen molar-refractivity contribution in [3.8, 4) is 0 Å². The topological polar surface area (TPSA) is 104 Å². The lowest BCUT2D eigenvalue weighted by Gasteiger charge is -2.24. The zero-order valence-corrected chi connectivity index (χ0v) is 15.0. The quantitative estimate of drug-likeness (QED) is 0.556. The van der Waals surface area contributed by atoms with E-state index >= 15 is 0 Å². The third kappa shape index (κ3) is 3.70. The van der Waals surface area contributed by atoms with Crippen LogP contribution in [0.4, 0.5) is 16.4 Å². The number of ether oxygens (including phenoxy) is 1. The summed E-state index contributed by atoms with van der Waals surface area (Å²) >= 11 is 0. The van der Waals surface area contributed by atoms with Crippen LogP contribution in [0.15, 0.2) is 42.6 Å². The molecule has 8 nitrogen and oxygen atoms in total. The minimum absolute atomic E-state index is 0.0283. The summed E-state index contributed by atoms with van der Waals surface area (Å²) in [5.41, 5.74) is 1.82. The number of carbonyl (C=O) groups excluding carboxylic acids is 1. The van der Waals surface area contributed by atoms with Gasteiger partial charge in [-0.25, -0.2) is 9.78 Å². The zero-order chi connectivity index (χ0) is 18.6. The second kappa shape index (κ2) is 7.63. The highest BCUT2D eigenvalue weighted by atomic mass is 16.5. The maximum absolute atomic E-state index is 12.6. The molecule has 0 radical (unpaired) electrons. The Balaban J connectivity index is 1.49. The molecule has 2 aromatic heterocycles. The Kier molecular flexibility index (Phi) is 4.88. The second-order valence-corrected chi connectivity index (χ2v) is 6.48. The number of H-pyrrole nitrogens is 1. The van der Waals surface area contributed by atoms with Crippen LogP contribution in [0, 0.1) is 0 Å². The predicted molar refractivity (Wildman–Crippen MR) is 104 cm³/mol. The number of urea groups is 1. The number of hydrogen-bond acceptors (Lipinski definition) is 5. The molecule has 3 aromatic rings. The number of benzene rings is 1. The van der Waals surface area contributed by atoms with Crippen molar-refractivity contribution in [2.75, 3.05) is 24.3 Å². The Hall–Kier alpha value is -3.13. The van der Waals surface area contributed by atoms with E-state index in [9.17, 15) is 4.79 Å². The van der Waals surface area contributed by atoms with Crippen molar-refractivity contribution in [3.63, 3.8) is 0 Å². The molecule has 4 rings (SSSR count). The lowest BCUT2D eigenvalue weighted by Crippen LogP contribution is -2.38. The molecule has 0 bridgehead atoms. The van der Waals surface area contributed by atoms with Gasteiger partial charge in [-0.1, -0.05) is 30.3 Å². The standard InChI is InChI=1S/C19H22N6O2/c1-20-18-13-11-21-16(10-14(13)24-25-18)22-19(26)23-17(15-8-5-9-27-15)12-6-3-2-4-7-12/h2-4,6-7,10-11,15,17H,5,8-9H2,1H3,(H2,20,24,25)(H2,21,22,23,26)/t15-,17?/m0/s1. The van der Waals surface area contributed by atoms with Gasteiger partial charge in [0.25, 0.3) is 0 Å². The molecule has 4 N–H and O–H groups in total. The number of nitrogens with zero attached hydrogens (tertiary/aromatic N) is 2. The van der Waals surface area contributed by atoms with Crippen LogP contribution in [0.25, 0.3) is 10.9 Å². The van der Waals surface area contributed by atoms with Gasteiger partial charge in [-0.2, -0.15) is 5.10 Å². The van der Waals surface area contributed by atoms with Gasteiger partial charge in [-0.05, 0) is 18.4 Å². The van der Waals surface area contributed by atoms with Crippen molar-refractivity contribution in [3.05, 3.63) is 48.2 Å². The van der Waals surface area contributed by atoms with E-state index < -0.39 is 0 Å². The predicted octanol–water partition coefficient (Wildman–Crippen LogP) is 3.04. The molecule has 1 aliphatic heterocycles. The van der Waals surface area contributed by atoms with Crippen molar-refractivity contribution < 1.29 is 9.53 Å².